The lowest BCUT2D eigenvalue weighted by molar-refractivity contribution is -0.115. The van der Waals surface area contributed by atoms with Gasteiger partial charge >= 0.3 is 0 Å². The number of anilines is 1. The fourth-order valence-corrected chi connectivity index (χ4v) is 1.62. The molecule has 6 nitrogen and oxygen atoms in total. The lowest BCUT2D eigenvalue weighted by Gasteiger charge is -1.97. The summed E-state index contributed by atoms with van der Waals surface area (Å²) in [5, 5.41) is 10.9. The number of aryl methyl sites for hydroxylation is 1. The van der Waals surface area contributed by atoms with E-state index in [1.807, 2.05) is 5.38 Å². The van der Waals surface area contributed by atoms with Gasteiger partial charge in [0.25, 0.3) is 0 Å². The maximum atomic E-state index is 11.4. The second kappa shape index (κ2) is 4.18. The monoisotopic (exact) mass is 223 g/mol. The minimum Gasteiger partial charge on any atom is -0.293 e. The van der Waals surface area contributed by atoms with E-state index in [0.29, 0.717) is 11.8 Å². The van der Waals surface area contributed by atoms with Crippen LogP contribution in [-0.4, -0.2) is 26.1 Å². The first kappa shape index (κ1) is 9.78. The Balaban J connectivity index is 1.93. The lowest BCUT2D eigenvalue weighted by Crippen LogP contribution is -2.15. The van der Waals surface area contributed by atoms with Crippen LogP contribution < -0.4 is 5.32 Å². The molecule has 0 saturated carbocycles. The highest BCUT2D eigenvalue weighted by Crippen LogP contribution is 2.03. The average Bonchev–Trinajstić information content (AvgIpc) is 2.77. The van der Waals surface area contributed by atoms with Crippen molar-refractivity contribution >= 4 is 23.2 Å². The summed E-state index contributed by atoms with van der Waals surface area (Å²) in [6, 6.07) is 0. The summed E-state index contributed by atoms with van der Waals surface area (Å²) in [5.74, 6) is 0.798. The van der Waals surface area contributed by atoms with E-state index in [4.69, 9.17) is 0 Å². The third kappa shape index (κ3) is 2.59. The third-order valence-electron chi connectivity index (χ3n) is 1.67. The molecule has 0 unspecified atom stereocenters. The van der Waals surface area contributed by atoms with Crippen molar-refractivity contribution < 1.29 is 4.79 Å². The molecule has 7 heteroatoms. The molecule has 0 radical (unpaired) electrons. The zero-order valence-corrected chi connectivity index (χ0v) is 8.84. The molecule has 0 aliphatic carbocycles. The van der Waals surface area contributed by atoms with E-state index in [1.165, 1.54) is 11.3 Å². The number of aromatic nitrogens is 4. The molecule has 0 bridgehead atoms. The number of nitrogens with one attached hydrogen (secondary N) is 2. The topological polar surface area (TPSA) is 83.6 Å². The van der Waals surface area contributed by atoms with Gasteiger partial charge in [0.2, 0.25) is 11.9 Å². The van der Waals surface area contributed by atoms with Gasteiger partial charge in [0.1, 0.15) is 5.82 Å². The predicted octanol–water partition coefficient (Wildman–Crippen LogP) is 0.751. The molecule has 0 saturated heterocycles. The fraction of sp³-hybridized carbons (Fsp3) is 0.250. The second-order valence-electron chi connectivity index (χ2n) is 2.95. The van der Waals surface area contributed by atoms with Crippen LogP contribution in [0.15, 0.2) is 10.9 Å². The lowest BCUT2D eigenvalue weighted by atomic mass is 10.3. The van der Waals surface area contributed by atoms with Gasteiger partial charge in [-0.1, -0.05) is 0 Å². The molecule has 0 aliphatic rings. The largest absolute Gasteiger partial charge is 0.293 e. The molecule has 2 rings (SSSR count). The Morgan fingerprint density at radius 1 is 1.67 bits per heavy atom. The molecular weight excluding hydrogens is 214 g/mol. The first-order valence-electron chi connectivity index (χ1n) is 4.30. The Bertz CT molecular complexity index is 449. The fourth-order valence-electron chi connectivity index (χ4n) is 1.06. The standard InChI is InChI=1S/C8H9N5OS/c1-5-10-8(13-12-5)11-7(14)2-6-3-15-4-9-6/h3-4H,2H2,1H3,(H2,10,11,12,13,14). The maximum absolute atomic E-state index is 11.4. The summed E-state index contributed by atoms with van der Waals surface area (Å²) in [6.07, 6.45) is 0.247. The van der Waals surface area contributed by atoms with Crippen LogP contribution in [0.2, 0.25) is 0 Å². The van der Waals surface area contributed by atoms with Gasteiger partial charge in [-0.25, -0.2) is 4.98 Å². The summed E-state index contributed by atoms with van der Waals surface area (Å²) in [6.45, 7) is 1.77. The smallest absolute Gasteiger partial charge is 0.248 e. The van der Waals surface area contributed by atoms with Crippen LogP contribution in [0.25, 0.3) is 0 Å². The van der Waals surface area contributed by atoms with Gasteiger partial charge in [-0.2, -0.15) is 4.98 Å². The Morgan fingerprint density at radius 2 is 2.53 bits per heavy atom. The normalized spacial score (nSPS) is 10.2. The zero-order valence-electron chi connectivity index (χ0n) is 8.02. The van der Waals surface area contributed by atoms with Crippen LogP contribution in [0.1, 0.15) is 11.5 Å². The minimum atomic E-state index is -0.167. The SMILES string of the molecule is Cc1nc(NC(=O)Cc2cscn2)n[nH]1. The van der Waals surface area contributed by atoms with E-state index in [0.717, 1.165) is 5.69 Å². The maximum Gasteiger partial charge on any atom is 0.248 e. The number of H-pyrrole nitrogens is 1. The van der Waals surface area contributed by atoms with Crippen LogP contribution in [0.5, 0.6) is 0 Å². The quantitative estimate of drug-likeness (QED) is 0.804. The van der Waals surface area contributed by atoms with Crippen molar-refractivity contribution in [3.05, 3.63) is 22.4 Å². The molecule has 2 aromatic heterocycles. The molecular formula is C8H9N5OS. The van der Waals surface area contributed by atoms with Gasteiger partial charge in [0, 0.05) is 5.38 Å². The summed E-state index contributed by atoms with van der Waals surface area (Å²) >= 11 is 1.46. The van der Waals surface area contributed by atoms with Crippen LogP contribution in [0, 0.1) is 6.92 Å². The number of hydrogen-bond donors (Lipinski definition) is 2. The number of carbonyl (C=O) groups is 1. The highest BCUT2D eigenvalue weighted by atomic mass is 32.1. The molecule has 0 aliphatic heterocycles. The van der Waals surface area contributed by atoms with E-state index < -0.39 is 0 Å². The van der Waals surface area contributed by atoms with Gasteiger partial charge in [-0.05, 0) is 6.92 Å². The molecule has 2 heterocycles. The van der Waals surface area contributed by atoms with E-state index in [1.54, 1.807) is 12.4 Å². The predicted molar refractivity (Wildman–Crippen MR) is 55.6 cm³/mol. The Morgan fingerprint density at radius 3 is 3.13 bits per heavy atom. The number of carbonyl (C=O) groups excluding carboxylic acids is 1. The third-order valence-corrected chi connectivity index (χ3v) is 2.31. The molecule has 2 N–H and O–H groups in total. The van der Waals surface area contributed by atoms with Crippen molar-refractivity contribution in [1.82, 2.24) is 20.2 Å². The van der Waals surface area contributed by atoms with Crippen molar-refractivity contribution in [2.75, 3.05) is 5.32 Å². The molecule has 0 aromatic carbocycles. The molecule has 15 heavy (non-hydrogen) atoms. The summed E-state index contributed by atoms with van der Waals surface area (Å²) < 4.78 is 0. The molecule has 0 fully saturated rings. The van der Waals surface area contributed by atoms with E-state index in [-0.39, 0.29) is 12.3 Å². The molecule has 2 aromatic rings. The first-order valence-corrected chi connectivity index (χ1v) is 5.24. The summed E-state index contributed by atoms with van der Waals surface area (Å²) in [4.78, 5) is 19.4. The number of thiazole rings is 1. The van der Waals surface area contributed by atoms with Crippen molar-refractivity contribution in [2.24, 2.45) is 0 Å². The Kier molecular flexibility index (Phi) is 2.72. The zero-order chi connectivity index (χ0) is 10.7. The van der Waals surface area contributed by atoms with Crippen molar-refractivity contribution in [3.63, 3.8) is 0 Å². The average molecular weight is 223 g/mol. The number of rotatable bonds is 3. The summed E-state index contributed by atoms with van der Waals surface area (Å²) in [5.41, 5.74) is 2.45. The van der Waals surface area contributed by atoms with E-state index in [9.17, 15) is 4.79 Å². The Labute approximate surface area is 89.8 Å². The van der Waals surface area contributed by atoms with Gasteiger partial charge in [0.05, 0.1) is 17.6 Å². The first-order chi connectivity index (χ1) is 7.24. The molecule has 0 spiro atoms. The van der Waals surface area contributed by atoms with Crippen LogP contribution >= 0.6 is 11.3 Å². The summed E-state index contributed by atoms with van der Waals surface area (Å²) in [7, 11) is 0. The molecule has 78 valence electrons. The van der Waals surface area contributed by atoms with Crippen LogP contribution in [0.3, 0.4) is 0 Å². The van der Waals surface area contributed by atoms with Gasteiger partial charge in [-0.15, -0.1) is 16.4 Å². The minimum absolute atomic E-state index is 0.167. The number of hydrogen-bond acceptors (Lipinski definition) is 5. The number of nitrogens with zero attached hydrogens (tertiary/aromatic N) is 3. The number of amides is 1. The van der Waals surface area contributed by atoms with Crippen molar-refractivity contribution in [2.45, 2.75) is 13.3 Å². The van der Waals surface area contributed by atoms with Gasteiger partial charge in [-0.3, -0.25) is 15.2 Å². The highest BCUT2D eigenvalue weighted by molar-refractivity contribution is 7.07. The highest BCUT2D eigenvalue weighted by Gasteiger charge is 2.07. The van der Waals surface area contributed by atoms with E-state index in [2.05, 4.69) is 25.5 Å². The number of aromatic amines is 1. The second-order valence-corrected chi connectivity index (χ2v) is 3.67. The molecule has 1 amide bonds. The van der Waals surface area contributed by atoms with Crippen LogP contribution in [-0.2, 0) is 11.2 Å². The Hall–Kier alpha value is -1.76. The van der Waals surface area contributed by atoms with Crippen molar-refractivity contribution in [1.29, 1.82) is 0 Å². The van der Waals surface area contributed by atoms with E-state index >= 15 is 0 Å². The van der Waals surface area contributed by atoms with Gasteiger partial charge < -0.3 is 0 Å². The van der Waals surface area contributed by atoms with Crippen LogP contribution in [0.4, 0.5) is 5.95 Å². The van der Waals surface area contributed by atoms with Gasteiger partial charge in [0.15, 0.2) is 0 Å². The molecule has 0 atom stereocenters. The van der Waals surface area contributed by atoms with Crippen molar-refractivity contribution in [3.8, 4) is 0 Å².